The van der Waals surface area contributed by atoms with E-state index < -0.39 is 29.8 Å². The fourth-order valence-corrected chi connectivity index (χ4v) is 11.3. The molecular weight excluding hydrogens is 915 g/mol. The molecule has 4 aliphatic heterocycles. The minimum Gasteiger partial charge on any atom is -0.488 e. The zero-order valence-corrected chi connectivity index (χ0v) is 37.4. The Bertz CT molecular complexity index is 2810. The summed E-state index contributed by atoms with van der Waals surface area (Å²) in [6.45, 7) is 4.43. The number of ether oxygens (including phenoxy) is 3. The van der Waals surface area contributed by atoms with Gasteiger partial charge >= 0.3 is 12.2 Å². The van der Waals surface area contributed by atoms with Crippen molar-refractivity contribution in [2.45, 2.75) is 86.3 Å². The van der Waals surface area contributed by atoms with Gasteiger partial charge in [-0.2, -0.15) is 0 Å². The number of H-pyrrole nitrogens is 2. The zero-order valence-electron chi connectivity index (χ0n) is 35.2. The lowest BCUT2D eigenvalue weighted by Crippen LogP contribution is -2.61. The monoisotopic (exact) mass is 962 g/mol. The van der Waals surface area contributed by atoms with Crippen LogP contribution in [0.1, 0.15) is 80.8 Å². The number of likely N-dealkylation sites (tertiary alicyclic amines) is 1. The molecule has 0 radical (unpaired) electrons. The Morgan fingerprint density at radius 2 is 1.78 bits per heavy atom. The van der Waals surface area contributed by atoms with Gasteiger partial charge in [-0.15, -0.1) is 0 Å². The summed E-state index contributed by atoms with van der Waals surface area (Å²) in [6, 6.07) is 22.0. The van der Waals surface area contributed by atoms with E-state index in [4.69, 9.17) is 24.2 Å². The van der Waals surface area contributed by atoms with Crippen molar-refractivity contribution in [3.8, 4) is 28.1 Å². The number of aromatic amines is 2. The second-order valence-electron chi connectivity index (χ2n) is 17.2. The normalized spacial score (nSPS) is 24.3. The summed E-state index contributed by atoms with van der Waals surface area (Å²) in [6.07, 6.45) is 4.42. The van der Waals surface area contributed by atoms with Gasteiger partial charge in [-0.3, -0.25) is 9.59 Å². The third-order valence-electron chi connectivity index (χ3n) is 13.5. The minimum atomic E-state index is -0.923. The molecule has 16 heteroatoms. The lowest BCUT2D eigenvalue weighted by Gasteiger charge is -2.45. The smallest absolute Gasteiger partial charge is 0.407 e. The summed E-state index contributed by atoms with van der Waals surface area (Å²) < 4.78 is 16.1. The number of nitrogens with zero attached hydrogens (tertiary/aromatic N) is 4. The van der Waals surface area contributed by atoms with Gasteiger partial charge in [0.15, 0.2) is 0 Å². The van der Waals surface area contributed by atoms with Crippen molar-refractivity contribution >= 4 is 68.4 Å². The van der Waals surface area contributed by atoms with E-state index in [0.29, 0.717) is 30.2 Å². The van der Waals surface area contributed by atoms with Crippen LogP contribution in [0.15, 0.2) is 79.0 Å². The molecule has 4 N–H and O–H groups in total. The number of carbonyl (C=O) groups is 4. The largest absolute Gasteiger partial charge is 0.488 e. The first-order valence-electron chi connectivity index (χ1n) is 21.3. The standard InChI is InChI=1S/C47H47IN8O7/c1-24-18-29-16-17-47(2,56(29)43(58)38(24)53-45(59)61-3)44-49-22-34(51-44)27-10-12-30-28(19-27)23-63-36-21-31-26(20-32(30)36)11-13-33-40(31)52-41(50-33)35-14-15-37(48)55(35)42(57)39(54-46(60)62-4)25-8-6-5-7-9-25/h5-13,19-22,24,29,35,37-39H,14-18,23H2,1-4H3,(H,49,51)(H,50,52)(H,53,59)(H,54,60)/t24?,29-,35?,37-,38+,39-,47?/m1/s1. The van der Waals surface area contributed by atoms with Crippen LogP contribution in [0, 0.1) is 5.92 Å². The van der Waals surface area contributed by atoms with E-state index in [1.54, 1.807) is 0 Å². The molecule has 6 aromatic rings. The Kier molecular flexibility index (Phi) is 10.3. The molecule has 3 unspecified atom stereocenters. The number of piperidine rings is 1. The summed E-state index contributed by atoms with van der Waals surface area (Å²) in [7, 11) is 2.59. The first kappa shape index (κ1) is 40.9. The molecule has 324 valence electrons. The van der Waals surface area contributed by atoms with Crippen LogP contribution >= 0.6 is 22.6 Å². The maximum absolute atomic E-state index is 14.3. The summed E-state index contributed by atoms with van der Waals surface area (Å²) >= 11 is 2.30. The quantitative estimate of drug-likeness (QED) is 0.0697. The Morgan fingerprint density at radius 3 is 2.57 bits per heavy atom. The molecule has 4 aliphatic rings. The SMILES string of the molecule is COC(=O)N[C@@H]1C(=O)N2[C@H](CCC2(C)c2ncc(-c3ccc4c(c3)COc3cc5c(ccc6nc(C7CC[C@H](I)N7C(=O)[C@H](NC(=O)OC)c7ccccc7)[nH]c65)cc3-4)[nH]2)CC1C. The minimum absolute atomic E-state index is 0.0120. The van der Waals surface area contributed by atoms with Crippen LogP contribution in [-0.4, -0.2) is 84.1 Å². The Morgan fingerprint density at radius 1 is 0.968 bits per heavy atom. The van der Waals surface area contributed by atoms with Gasteiger partial charge in [0.25, 0.3) is 5.91 Å². The van der Waals surface area contributed by atoms with Crippen LogP contribution in [0.5, 0.6) is 5.75 Å². The van der Waals surface area contributed by atoms with Crippen molar-refractivity contribution in [3.05, 3.63) is 102 Å². The van der Waals surface area contributed by atoms with Gasteiger partial charge in [-0.1, -0.05) is 78.0 Å². The van der Waals surface area contributed by atoms with Crippen molar-refractivity contribution in [1.29, 1.82) is 0 Å². The first-order valence-corrected chi connectivity index (χ1v) is 22.5. The molecule has 6 heterocycles. The van der Waals surface area contributed by atoms with E-state index in [2.05, 4.69) is 86.5 Å². The first-order chi connectivity index (χ1) is 30.4. The van der Waals surface area contributed by atoms with E-state index in [0.717, 1.165) is 81.2 Å². The molecule has 3 fully saturated rings. The summed E-state index contributed by atoms with van der Waals surface area (Å²) in [5.41, 5.74) is 6.56. The average Bonchev–Trinajstić information content (AvgIpc) is 4.12. The predicted molar refractivity (Wildman–Crippen MR) is 243 cm³/mol. The van der Waals surface area contributed by atoms with Crippen molar-refractivity contribution in [3.63, 3.8) is 0 Å². The number of carbonyl (C=O) groups excluding carboxylic acids is 4. The Labute approximate surface area is 376 Å². The number of alkyl halides is 1. The van der Waals surface area contributed by atoms with E-state index >= 15 is 0 Å². The average molecular weight is 963 g/mol. The molecule has 4 amide bonds. The molecular formula is C47H47IN8O7. The van der Waals surface area contributed by atoms with E-state index in [9.17, 15) is 19.2 Å². The second kappa shape index (κ2) is 15.9. The van der Waals surface area contributed by atoms with Gasteiger partial charge in [-0.25, -0.2) is 19.6 Å². The molecule has 0 saturated carbocycles. The highest BCUT2D eigenvalue weighted by molar-refractivity contribution is 14.1. The van der Waals surface area contributed by atoms with Crippen LogP contribution in [0.4, 0.5) is 9.59 Å². The maximum atomic E-state index is 14.3. The molecule has 4 aromatic carbocycles. The Balaban J connectivity index is 0.916. The lowest BCUT2D eigenvalue weighted by molar-refractivity contribution is -0.146. The number of hydrogen-bond donors (Lipinski definition) is 4. The predicted octanol–water partition coefficient (Wildman–Crippen LogP) is 8.16. The number of benzene rings is 4. The molecule has 2 aromatic heterocycles. The molecule has 7 atom stereocenters. The lowest BCUT2D eigenvalue weighted by atomic mass is 9.87. The number of aromatic nitrogens is 4. The molecule has 0 spiro atoms. The number of fused-ring (bicyclic) bond motifs is 7. The molecule has 0 aliphatic carbocycles. The fourth-order valence-electron chi connectivity index (χ4n) is 10.3. The van der Waals surface area contributed by atoms with Crippen LogP contribution < -0.4 is 15.4 Å². The van der Waals surface area contributed by atoms with Gasteiger partial charge in [0.1, 0.15) is 36.1 Å². The van der Waals surface area contributed by atoms with Crippen LogP contribution in [0.2, 0.25) is 0 Å². The maximum Gasteiger partial charge on any atom is 0.407 e. The molecule has 10 rings (SSSR count). The van der Waals surface area contributed by atoms with Gasteiger partial charge in [0.2, 0.25) is 5.91 Å². The summed E-state index contributed by atoms with van der Waals surface area (Å²) in [5, 5.41) is 7.49. The van der Waals surface area contributed by atoms with Crippen molar-refractivity contribution in [2.75, 3.05) is 14.2 Å². The van der Waals surface area contributed by atoms with E-state index in [-0.39, 0.29) is 33.9 Å². The van der Waals surface area contributed by atoms with E-state index in [1.807, 2.05) is 59.3 Å². The topological polar surface area (TPSA) is 184 Å². The molecule has 15 nitrogen and oxygen atoms in total. The van der Waals surface area contributed by atoms with Crippen molar-refractivity contribution in [2.24, 2.45) is 5.92 Å². The fraction of sp³-hybridized carbons (Fsp3) is 0.362. The number of alkyl carbamates (subject to hydrolysis) is 2. The third kappa shape index (κ3) is 6.93. The zero-order chi connectivity index (χ0) is 43.7. The number of methoxy groups -OCH3 is 2. The molecule has 0 bridgehead atoms. The molecule has 3 saturated heterocycles. The van der Waals surface area contributed by atoms with Crippen LogP contribution in [0.3, 0.4) is 0 Å². The second-order valence-corrected chi connectivity index (χ2v) is 18.6. The van der Waals surface area contributed by atoms with Crippen molar-refractivity contribution in [1.82, 2.24) is 40.4 Å². The molecule has 63 heavy (non-hydrogen) atoms. The number of hydrogen-bond acceptors (Lipinski definition) is 9. The number of nitrogens with one attached hydrogen (secondary N) is 4. The Hall–Kier alpha value is -6.17. The van der Waals surface area contributed by atoms with Gasteiger partial charge < -0.3 is 44.6 Å². The van der Waals surface area contributed by atoms with Gasteiger partial charge in [0, 0.05) is 17.0 Å². The number of rotatable bonds is 7. The van der Waals surface area contributed by atoms with Crippen molar-refractivity contribution < 1.29 is 33.4 Å². The number of halogens is 1. The van der Waals surface area contributed by atoms with Crippen LogP contribution in [-0.2, 0) is 31.2 Å². The van der Waals surface area contributed by atoms with Gasteiger partial charge in [0.05, 0.1) is 52.8 Å². The highest BCUT2D eigenvalue weighted by Crippen LogP contribution is 2.48. The van der Waals surface area contributed by atoms with Crippen LogP contribution in [0.25, 0.3) is 44.2 Å². The highest BCUT2D eigenvalue weighted by atomic mass is 127. The third-order valence-corrected chi connectivity index (χ3v) is 14.7. The van der Waals surface area contributed by atoms with Gasteiger partial charge in [-0.05, 0) is 96.9 Å². The van der Waals surface area contributed by atoms with E-state index in [1.165, 1.54) is 14.2 Å². The number of imidazole rings is 2. The summed E-state index contributed by atoms with van der Waals surface area (Å²) in [4.78, 5) is 73.5. The highest BCUT2D eigenvalue weighted by Gasteiger charge is 2.54. The summed E-state index contributed by atoms with van der Waals surface area (Å²) in [5.74, 6) is 1.81. The number of amides is 4.